The van der Waals surface area contributed by atoms with Gasteiger partial charge in [0.05, 0.1) is 6.42 Å². The maximum atomic E-state index is 12.0. The van der Waals surface area contributed by atoms with Crippen LogP contribution in [-0.4, -0.2) is 17.0 Å². The summed E-state index contributed by atoms with van der Waals surface area (Å²) in [5, 5.41) is 12.4. The number of hydrogen-bond donors (Lipinski definition) is 2. The molecule has 0 aromatic heterocycles. The Labute approximate surface area is 127 Å². The number of amides is 1. The van der Waals surface area contributed by atoms with E-state index in [-0.39, 0.29) is 12.3 Å². The topological polar surface area (TPSA) is 66.4 Å². The zero-order valence-corrected chi connectivity index (χ0v) is 11.9. The van der Waals surface area contributed by atoms with Crippen molar-refractivity contribution < 1.29 is 14.7 Å². The molecule has 2 rings (SSSR count). The van der Waals surface area contributed by atoms with Crippen molar-refractivity contribution in [1.82, 2.24) is 5.32 Å². The first kappa shape index (κ1) is 15.1. The van der Waals surface area contributed by atoms with Crippen LogP contribution in [0.1, 0.15) is 17.2 Å². The molecule has 0 radical (unpaired) electrons. The van der Waals surface area contributed by atoms with Crippen molar-refractivity contribution in [1.29, 1.82) is 0 Å². The highest BCUT2D eigenvalue weighted by Gasteiger charge is 2.21. The van der Waals surface area contributed by atoms with Crippen molar-refractivity contribution in [2.75, 3.05) is 0 Å². The molecule has 0 bridgehead atoms. The van der Waals surface area contributed by atoms with Gasteiger partial charge in [-0.15, -0.1) is 0 Å². The van der Waals surface area contributed by atoms with E-state index in [1.807, 2.05) is 0 Å². The molecule has 0 fully saturated rings. The molecule has 5 heteroatoms. The van der Waals surface area contributed by atoms with E-state index in [0.717, 1.165) is 5.56 Å². The molecule has 108 valence electrons. The number of hydrogen-bond acceptors (Lipinski definition) is 2. The predicted molar refractivity (Wildman–Crippen MR) is 80.1 cm³/mol. The zero-order chi connectivity index (χ0) is 15.2. The Morgan fingerprint density at radius 2 is 1.67 bits per heavy atom. The summed E-state index contributed by atoms with van der Waals surface area (Å²) < 4.78 is 0. The first-order chi connectivity index (χ1) is 10.1. The average molecular weight is 304 g/mol. The Morgan fingerprint density at radius 1 is 1.05 bits per heavy atom. The molecule has 2 N–H and O–H groups in total. The highest BCUT2D eigenvalue weighted by Crippen LogP contribution is 2.14. The fourth-order valence-corrected chi connectivity index (χ4v) is 2.06. The number of rotatable bonds is 5. The van der Waals surface area contributed by atoms with E-state index in [0.29, 0.717) is 10.6 Å². The average Bonchev–Trinajstić information content (AvgIpc) is 2.48. The standard InChI is InChI=1S/C16H14ClNO3/c17-13-8-6-11(7-9-13)10-14(19)18-15(16(20)21)12-4-2-1-3-5-12/h1-9,15H,10H2,(H,18,19)(H,20,21)/t15-/m0/s1. The van der Waals surface area contributed by atoms with Crippen LogP contribution >= 0.6 is 11.6 Å². The summed E-state index contributed by atoms with van der Waals surface area (Å²) in [4.78, 5) is 23.3. The van der Waals surface area contributed by atoms with Crippen molar-refractivity contribution in [3.63, 3.8) is 0 Å². The summed E-state index contributed by atoms with van der Waals surface area (Å²) in [6.45, 7) is 0. The van der Waals surface area contributed by atoms with E-state index in [2.05, 4.69) is 5.32 Å². The third-order valence-corrected chi connectivity index (χ3v) is 3.22. The second-order valence-corrected chi connectivity index (χ2v) is 4.99. The number of halogens is 1. The van der Waals surface area contributed by atoms with Crippen molar-refractivity contribution in [2.24, 2.45) is 0 Å². The molecule has 0 spiro atoms. The lowest BCUT2D eigenvalue weighted by atomic mass is 10.1. The van der Waals surface area contributed by atoms with E-state index >= 15 is 0 Å². The van der Waals surface area contributed by atoms with Gasteiger partial charge in [-0.2, -0.15) is 0 Å². The summed E-state index contributed by atoms with van der Waals surface area (Å²) in [5.74, 6) is -1.45. The van der Waals surface area contributed by atoms with Gasteiger partial charge in [-0.05, 0) is 23.3 Å². The van der Waals surface area contributed by atoms with E-state index in [9.17, 15) is 14.7 Å². The Morgan fingerprint density at radius 3 is 2.24 bits per heavy atom. The van der Waals surface area contributed by atoms with Gasteiger partial charge >= 0.3 is 5.97 Å². The number of benzene rings is 2. The van der Waals surface area contributed by atoms with Crippen LogP contribution in [0.25, 0.3) is 0 Å². The molecule has 0 aliphatic carbocycles. The Hall–Kier alpha value is -2.33. The molecule has 1 amide bonds. The Bertz CT molecular complexity index is 626. The molecule has 2 aromatic carbocycles. The summed E-state index contributed by atoms with van der Waals surface area (Å²) >= 11 is 5.78. The minimum absolute atomic E-state index is 0.105. The number of aliphatic carboxylic acids is 1. The number of carbonyl (C=O) groups is 2. The van der Waals surface area contributed by atoms with Gasteiger partial charge in [0.1, 0.15) is 0 Å². The van der Waals surface area contributed by atoms with Crippen LogP contribution in [0.5, 0.6) is 0 Å². The van der Waals surface area contributed by atoms with E-state index in [1.165, 1.54) is 0 Å². The third kappa shape index (κ3) is 4.33. The van der Waals surface area contributed by atoms with Crippen molar-refractivity contribution in [3.05, 3.63) is 70.7 Å². The molecular formula is C16H14ClNO3. The molecule has 2 aromatic rings. The van der Waals surface area contributed by atoms with Gasteiger partial charge < -0.3 is 10.4 Å². The fraction of sp³-hybridized carbons (Fsp3) is 0.125. The van der Waals surface area contributed by atoms with Crippen molar-refractivity contribution in [3.8, 4) is 0 Å². The fourth-order valence-electron chi connectivity index (χ4n) is 1.93. The normalized spacial score (nSPS) is 11.7. The molecule has 0 heterocycles. The van der Waals surface area contributed by atoms with Crippen molar-refractivity contribution in [2.45, 2.75) is 12.5 Å². The minimum atomic E-state index is -1.09. The van der Waals surface area contributed by atoms with Crippen molar-refractivity contribution >= 4 is 23.5 Å². The van der Waals surface area contributed by atoms with Gasteiger partial charge in [-0.1, -0.05) is 54.1 Å². The summed E-state index contributed by atoms with van der Waals surface area (Å²) in [7, 11) is 0. The molecule has 1 atom stereocenters. The largest absolute Gasteiger partial charge is 0.479 e. The maximum absolute atomic E-state index is 12.0. The first-order valence-corrected chi connectivity index (χ1v) is 6.75. The minimum Gasteiger partial charge on any atom is -0.479 e. The van der Waals surface area contributed by atoms with Crippen LogP contribution in [0.15, 0.2) is 54.6 Å². The van der Waals surface area contributed by atoms with Crippen LogP contribution < -0.4 is 5.32 Å². The number of carboxylic acid groups (broad SMARTS) is 1. The van der Waals surface area contributed by atoms with E-state index in [1.54, 1.807) is 54.6 Å². The monoisotopic (exact) mass is 303 g/mol. The quantitative estimate of drug-likeness (QED) is 0.892. The predicted octanol–water partition coefficient (Wildman–Crippen LogP) is 2.82. The van der Waals surface area contributed by atoms with Gasteiger partial charge in [0.25, 0.3) is 0 Å². The van der Waals surface area contributed by atoms with Gasteiger partial charge in [-0.25, -0.2) is 4.79 Å². The second kappa shape index (κ2) is 6.90. The molecule has 0 aliphatic heterocycles. The van der Waals surface area contributed by atoms with Crippen LogP contribution in [-0.2, 0) is 16.0 Å². The summed E-state index contributed by atoms with van der Waals surface area (Å²) in [5.41, 5.74) is 1.31. The highest BCUT2D eigenvalue weighted by molar-refractivity contribution is 6.30. The zero-order valence-electron chi connectivity index (χ0n) is 11.1. The number of carboxylic acids is 1. The van der Waals surface area contributed by atoms with Gasteiger partial charge in [-0.3, -0.25) is 4.79 Å². The van der Waals surface area contributed by atoms with E-state index < -0.39 is 12.0 Å². The molecule has 0 unspecified atom stereocenters. The summed E-state index contributed by atoms with van der Waals surface area (Å²) in [6.07, 6.45) is 0.105. The lowest BCUT2D eigenvalue weighted by molar-refractivity contribution is -0.141. The molecule has 0 saturated heterocycles. The summed E-state index contributed by atoms with van der Waals surface area (Å²) in [6, 6.07) is 14.4. The van der Waals surface area contributed by atoms with Crippen LogP contribution in [0.3, 0.4) is 0 Å². The van der Waals surface area contributed by atoms with Crippen LogP contribution in [0, 0.1) is 0 Å². The lowest BCUT2D eigenvalue weighted by Gasteiger charge is -2.15. The molecule has 21 heavy (non-hydrogen) atoms. The van der Waals surface area contributed by atoms with Crippen LogP contribution in [0.2, 0.25) is 5.02 Å². The molecule has 0 saturated carbocycles. The smallest absolute Gasteiger partial charge is 0.330 e. The van der Waals surface area contributed by atoms with Gasteiger partial charge in [0.15, 0.2) is 6.04 Å². The number of nitrogens with one attached hydrogen (secondary N) is 1. The molecule has 0 aliphatic rings. The van der Waals surface area contributed by atoms with Gasteiger partial charge in [0.2, 0.25) is 5.91 Å². The Balaban J connectivity index is 2.05. The molecular weight excluding hydrogens is 290 g/mol. The third-order valence-electron chi connectivity index (χ3n) is 2.96. The Kier molecular flexibility index (Phi) is 4.95. The van der Waals surface area contributed by atoms with E-state index in [4.69, 9.17) is 11.6 Å². The van der Waals surface area contributed by atoms with Gasteiger partial charge in [0, 0.05) is 5.02 Å². The van der Waals surface area contributed by atoms with Crippen LogP contribution in [0.4, 0.5) is 0 Å². The SMILES string of the molecule is O=C(Cc1ccc(Cl)cc1)N[C@H](C(=O)O)c1ccccc1. The molecule has 4 nitrogen and oxygen atoms in total. The maximum Gasteiger partial charge on any atom is 0.330 e. The number of carbonyl (C=O) groups excluding carboxylic acids is 1. The first-order valence-electron chi connectivity index (χ1n) is 6.38. The lowest BCUT2D eigenvalue weighted by Crippen LogP contribution is -2.34. The second-order valence-electron chi connectivity index (χ2n) is 4.55. The highest BCUT2D eigenvalue weighted by atomic mass is 35.5.